The first-order valence-electron chi connectivity index (χ1n) is 8.54. The van der Waals surface area contributed by atoms with Crippen molar-refractivity contribution in [2.24, 2.45) is 11.3 Å². The highest BCUT2D eigenvalue weighted by Crippen LogP contribution is 2.46. The second-order valence-electron chi connectivity index (χ2n) is 7.43. The summed E-state index contributed by atoms with van der Waals surface area (Å²) in [7, 11) is 2.11. The zero-order valence-electron chi connectivity index (χ0n) is 14.4. The molecule has 21 heavy (non-hydrogen) atoms. The van der Waals surface area contributed by atoms with Gasteiger partial charge in [-0.25, -0.2) is 9.67 Å². The molecule has 1 aliphatic rings. The number of aromatic nitrogens is 3. The highest BCUT2D eigenvalue weighted by Gasteiger charge is 2.41. The summed E-state index contributed by atoms with van der Waals surface area (Å²) in [6.07, 6.45) is 9.46. The zero-order chi connectivity index (χ0) is 15.5. The van der Waals surface area contributed by atoms with Gasteiger partial charge in [0.05, 0.1) is 0 Å². The minimum Gasteiger partial charge on any atom is -0.316 e. The summed E-state index contributed by atoms with van der Waals surface area (Å²) >= 11 is 0. The van der Waals surface area contributed by atoms with Crippen LogP contribution in [0, 0.1) is 11.3 Å². The van der Waals surface area contributed by atoms with Crippen LogP contribution in [-0.4, -0.2) is 27.9 Å². The SMILES string of the molecule is CNC(Cc1ncnn1C(C)C)C1(CC(C)C)CCCC1. The van der Waals surface area contributed by atoms with Gasteiger partial charge < -0.3 is 5.32 Å². The van der Waals surface area contributed by atoms with Crippen LogP contribution in [0.3, 0.4) is 0 Å². The fraction of sp³-hybridized carbons (Fsp3) is 0.882. The topological polar surface area (TPSA) is 42.7 Å². The monoisotopic (exact) mass is 292 g/mol. The van der Waals surface area contributed by atoms with Gasteiger partial charge in [-0.05, 0) is 51.5 Å². The van der Waals surface area contributed by atoms with Crippen molar-refractivity contribution in [3.63, 3.8) is 0 Å². The van der Waals surface area contributed by atoms with Gasteiger partial charge in [0.1, 0.15) is 12.2 Å². The first kappa shape index (κ1) is 16.5. The Morgan fingerprint density at radius 2 is 1.90 bits per heavy atom. The van der Waals surface area contributed by atoms with E-state index in [2.05, 4.69) is 54.8 Å². The molecule has 0 aliphatic heterocycles. The minimum atomic E-state index is 0.379. The summed E-state index contributed by atoms with van der Waals surface area (Å²) in [6.45, 7) is 9.05. The lowest BCUT2D eigenvalue weighted by molar-refractivity contribution is 0.157. The molecule has 1 aliphatic carbocycles. The van der Waals surface area contributed by atoms with E-state index in [0.717, 1.165) is 18.2 Å². The van der Waals surface area contributed by atoms with Crippen LogP contribution in [0.1, 0.15) is 71.7 Å². The van der Waals surface area contributed by atoms with Crippen LogP contribution in [0.4, 0.5) is 0 Å². The molecule has 4 nitrogen and oxygen atoms in total. The van der Waals surface area contributed by atoms with Crippen LogP contribution >= 0.6 is 0 Å². The van der Waals surface area contributed by atoms with Gasteiger partial charge in [-0.15, -0.1) is 0 Å². The number of nitrogens with zero attached hydrogens (tertiary/aromatic N) is 3. The number of rotatable bonds is 7. The Morgan fingerprint density at radius 1 is 1.24 bits per heavy atom. The zero-order valence-corrected chi connectivity index (χ0v) is 14.4. The van der Waals surface area contributed by atoms with Crippen LogP contribution in [0.25, 0.3) is 0 Å². The van der Waals surface area contributed by atoms with Gasteiger partial charge in [0, 0.05) is 18.5 Å². The van der Waals surface area contributed by atoms with Gasteiger partial charge in [0.2, 0.25) is 0 Å². The standard InChI is InChI=1S/C17H32N4/c1-13(2)11-17(8-6-7-9-17)15(18-5)10-16-19-12-20-21(16)14(3)4/h12-15,18H,6-11H2,1-5H3. The van der Waals surface area contributed by atoms with Crippen molar-refractivity contribution in [1.29, 1.82) is 0 Å². The molecular formula is C17H32N4. The van der Waals surface area contributed by atoms with Gasteiger partial charge in [0.25, 0.3) is 0 Å². The number of nitrogens with one attached hydrogen (secondary N) is 1. The predicted molar refractivity (Wildman–Crippen MR) is 87.3 cm³/mol. The van der Waals surface area contributed by atoms with Crippen LogP contribution in [0.2, 0.25) is 0 Å². The fourth-order valence-corrected chi connectivity index (χ4v) is 4.25. The number of likely N-dealkylation sites (N-methyl/N-ethyl adjacent to an activating group) is 1. The Morgan fingerprint density at radius 3 is 2.43 bits per heavy atom. The van der Waals surface area contributed by atoms with Gasteiger partial charge in [-0.3, -0.25) is 0 Å². The maximum atomic E-state index is 4.52. The molecule has 0 bridgehead atoms. The van der Waals surface area contributed by atoms with Gasteiger partial charge in [-0.1, -0.05) is 26.7 Å². The quantitative estimate of drug-likeness (QED) is 0.835. The summed E-state index contributed by atoms with van der Waals surface area (Å²) in [5.41, 5.74) is 0.441. The summed E-state index contributed by atoms with van der Waals surface area (Å²) in [5, 5.41) is 8.00. The molecule has 2 rings (SSSR count). The normalized spacial score (nSPS) is 19.6. The predicted octanol–water partition coefficient (Wildman–Crippen LogP) is 3.60. The lowest BCUT2D eigenvalue weighted by atomic mass is 9.71. The fourth-order valence-electron chi connectivity index (χ4n) is 4.25. The first-order valence-corrected chi connectivity index (χ1v) is 8.54. The maximum absolute atomic E-state index is 4.52. The first-order chi connectivity index (χ1) is 9.98. The summed E-state index contributed by atoms with van der Waals surface area (Å²) in [4.78, 5) is 4.52. The number of hydrogen-bond donors (Lipinski definition) is 1. The Kier molecular flexibility index (Phi) is 5.42. The average molecular weight is 292 g/mol. The molecule has 1 atom stereocenters. The Bertz CT molecular complexity index is 430. The van der Waals surface area contributed by atoms with E-state index < -0.39 is 0 Å². The summed E-state index contributed by atoms with van der Waals surface area (Å²) in [6, 6.07) is 0.883. The van der Waals surface area contributed by atoms with Gasteiger partial charge in [0.15, 0.2) is 0 Å². The van der Waals surface area contributed by atoms with E-state index in [9.17, 15) is 0 Å². The highest BCUT2D eigenvalue weighted by molar-refractivity contribution is 5.01. The molecule has 1 aromatic heterocycles. The van der Waals surface area contributed by atoms with Crippen molar-refractivity contribution >= 4 is 0 Å². The van der Waals surface area contributed by atoms with E-state index >= 15 is 0 Å². The van der Waals surface area contributed by atoms with E-state index in [-0.39, 0.29) is 0 Å². The molecule has 1 N–H and O–H groups in total. The lowest BCUT2D eigenvalue weighted by Crippen LogP contribution is -2.45. The van der Waals surface area contributed by atoms with Crippen LogP contribution in [-0.2, 0) is 6.42 Å². The van der Waals surface area contributed by atoms with E-state index in [1.807, 2.05) is 0 Å². The summed E-state index contributed by atoms with van der Waals surface area (Å²) < 4.78 is 2.07. The molecule has 120 valence electrons. The molecule has 1 unspecified atom stereocenters. The molecule has 1 heterocycles. The molecule has 0 saturated heterocycles. The van der Waals surface area contributed by atoms with Crippen molar-refractivity contribution in [3.05, 3.63) is 12.2 Å². The van der Waals surface area contributed by atoms with Crippen molar-refractivity contribution < 1.29 is 0 Å². The molecule has 4 heteroatoms. The van der Waals surface area contributed by atoms with Crippen molar-refractivity contribution in [3.8, 4) is 0 Å². The van der Waals surface area contributed by atoms with Gasteiger partial charge in [-0.2, -0.15) is 5.10 Å². The molecular weight excluding hydrogens is 260 g/mol. The molecule has 0 amide bonds. The summed E-state index contributed by atoms with van der Waals surface area (Å²) in [5.74, 6) is 1.88. The molecule has 1 saturated carbocycles. The molecule has 0 spiro atoms. The third kappa shape index (κ3) is 3.65. The van der Waals surface area contributed by atoms with E-state index in [1.165, 1.54) is 32.1 Å². The highest BCUT2D eigenvalue weighted by atomic mass is 15.3. The Balaban J connectivity index is 2.19. The lowest BCUT2D eigenvalue weighted by Gasteiger charge is -2.39. The van der Waals surface area contributed by atoms with E-state index in [4.69, 9.17) is 0 Å². The van der Waals surface area contributed by atoms with Gasteiger partial charge >= 0.3 is 0 Å². The third-order valence-electron chi connectivity index (χ3n) is 5.02. The van der Waals surface area contributed by atoms with Crippen molar-refractivity contribution in [2.45, 2.75) is 78.3 Å². The van der Waals surface area contributed by atoms with E-state index in [1.54, 1.807) is 6.33 Å². The smallest absolute Gasteiger partial charge is 0.138 e. The Hall–Kier alpha value is -0.900. The van der Waals surface area contributed by atoms with Crippen molar-refractivity contribution in [2.75, 3.05) is 7.05 Å². The van der Waals surface area contributed by atoms with Crippen LogP contribution in [0.15, 0.2) is 6.33 Å². The molecule has 1 fully saturated rings. The largest absolute Gasteiger partial charge is 0.316 e. The third-order valence-corrected chi connectivity index (χ3v) is 5.02. The maximum Gasteiger partial charge on any atom is 0.138 e. The molecule has 1 aromatic rings. The molecule has 0 aromatic carbocycles. The average Bonchev–Trinajstić information content (AvgIpc) is 3.04. The van der Waals surface area contributed by atoms with E-state index in [0.29, 0.717) is 17.5 Å². The second kappa shape index (κ2) is 6.91. The van der Waals surface area contributed by atoms with Crippen LogP contribution < -0.4 is 5.32 Å². The number of hydrogen-bond acceptors (Lipinski definition) is 3. The molecule has 0 radical (unpaired) electrons. The van der Waals surface area contributed by atoms with Crippen molar-refractivity contribution in [1.82, 2.24) is 20.1 Å². The second-order valence-corrected chi connectivity index (χ2v) is 7.43. The Labute approximate surface area is 129 Å². The minimum absolute atomic E-state index is 0.379. The van der Waals surface area contributed by atoms with Crippen LogP contribution in [0.5, 0.6) is 0 Å².